The fraction of sp³-hybridized carbons (Fsp3) is 0.333. The second-order valence-corrected chi connectivity index (χ2v) is 4.94. The van der Waals surface area contributed by atoms with Crippen molar-refractivity contribution < 1.29 is 0 Å². The van der Waals surface area contributed by atoms with Gasteiger partial charge in [-0.3, -0.25) is 0 Å². The highest BCUT2D eigenvalue weighted by molar-refractivity contribution is 7.22. The Balaban J connectivity index is 2.20. The maximum absolute atomic E-state index is 5.80. The van der Waals surface area contributed by atoms with Crippen molar-refractivity contribution >= 4 is 33.3 Å². The van der Waals surface area contributed by atoms with Crippen molar-refractivity contribution in [3.8, 4) is 0 Å². The fourth-order valence-electron chi connectivity index (χ4n) is 1.45. The Bertz CT molecular complexity index is 462. The van der Waals surface area contributed by atoms with Gasteiger partial charge in [-0.25, -0.2) is 9.97 Å². The quantitative estimate of drug-likeness (QED) is 0.722. The topological polar surface area (TPSA) is 25.8 Å². The fourth-order valence-corrected chi connectivity index (χ4v) is 2.48. The molecule has 1 aliphatic carbocycles. The van der Waals surface area contributed by atoms with Crippen LogP contribution in [0, 0.1) is 0 Å². The number of hydrogen-bond acceptors (Lipinski definition) is 3. The molecule has 13 heavy (non-hydrogen) atoms. The van der Waals surface area contributed by atoms with Crippen molar-refractivity contribution in [2.24, 2.45) is 0 Å². The molecule has 0 radical (unpaired) electrons. The number of hydrogen-bond donors (Lipinski definition) is 0. The van der Waals surface area contributed by atoms with E-state index >= 15 is 0 Å². The molecule has 0 saturated heterocycles. The highest BCUT2D eigenvalue weighted by atomic mass is 35.5. The van der Waals surface area contributed by atoms with E-state index in [1.165, 1.54) is 29.7 Å². The first-order chi connectivity index (χ1) is 6.33. The van der Waals surface area contributed by atoms with Gasteiger partial charge >= 0.3 is 0 Å². The summed E-state index contributed by atoms with van der Waals surface area (Å²) in [5.74, 6) is 0.748. The highest BCUT2D eigenvalue weighted by Gasteiger charge is 2.24. The van der Waals surface area contributed by atoms with Crippen molar-refractivity contribution in [2.75, 3.05) is 0 Å². The zero-order valence-electron chi connectivity index (χ0n) is 6.83. The van der Waals surface area contributed by atoms with E-state index in [1.807, 2.05) is 6.20 Å². The van der Waals surface area contributed by atoms with Crippen molar-refractivity contribution in [1.82, 2.24) is 9.97 Å². The Hall–Kier alpha value is -0.670. The van der Waals surface area contributed by atoms with Crippen LogP contribution >= 0.6 is 22.9 Å². The molecule has 2 heterocycles. The first-order valence-electron chi connectivity index (χ1n) is 4.25. The van der Waals surface area contributed by atoms with Gasteiger partial charge in [-0.15, -0.1) is 11.3 Å². The molecule has 4 heteroatoms. The van der Waals surface area contributed by atoms with Crippen LogP contribution in [0.3, 0.4) is 0 Å². The predicted molar refractivity (Wildman–Crippen MR) is 54.4 cm³/mol. The number of rotatable bonds is 1. The molecule has 0 aliphatic heterocycles. The lowest BCUT2D eigenvalue weighted by Crippen LogP contribution is -1.81. The molecule has 0 atom stereocenters. The number of aromatic nitrogens is 2. The van der Waals surface area contributed by atoms with Gasteiger partial charge in [-0.05, 0) is 30.4 Å². The SMILES string of the molecule is Clc1nc2ncc(C3CC3)cc2s1. The second-order valence-electron chi connectivity index (χ2n) is 3.33. The minimum Gasteiger partial charge on any atom is -0.236 e. The molecular formula is C9H7ClN2S. The van der Waals surface area contributed by atoms with Gasteiger partial charge in [0.2, 0.25) is 0 Å². The van der Waals surface area contributed by atoms with Gasteiger partial charge in [0.25, 0.3) is 0 Å². The summed E-state index contributed by atoms with van der Waals surface area (Å²) in [6, 6.07) is 2.17. The summed E-state index contributed by atoms with van der Waals surface area (Å²) >= 11 is 7.30. The number of halogens is 1. The zero-order valence-corrected chi connectivity index (χ0v) is 8.40. The van der Waals surface area contributed by atoms with Crippen molar-refractivity contribution in [3.63, 3.8) is 0 Å². The van der Waals surface area contributed by atoms with E-state index in [0.29, 0.717) is 4.47 Å². The van der Waals surface area contributed by atoms with E-state index in [-0.39, 0.29) is 0 Å². The minimum absolute atomic E-state index is 0.579. The van der Waals surface area contributed by atoms with E-state index in [1.54, 1.807) is 0 Å². The molecule has 2 aromatic rings. The van der Waals surface area contributed by atoms with Crippen LogP contribution in [0.4, 0.5) is 0 Å². The largest absolute Gasteiger partial charge is 0.236 e. The molecule has 1 saturated carbocycles. The zero-order chi connectivity index (χ0) is 8.84. The van der Waals surface area contributed by atoms with Gasteiger partial charge < -0.3 is 0 Å². The van der Waals surface area contributed by atoms with Crippen LogP contribution in [0.5, 0.6) is 0 Å². The van der Waals surface area contributed by atoms with E-state index in [0.717, 1.165) is 16.3 Å². The number of thiazole rings is 1. The normalized spacial score (nSPS) is 16.7. The van der Waals surface area contributed by atoms with Crippen molar-refractivity contribution in [1.29, 1.82) is 0 Å². The van der Waals surface area contributed by atoms with E-state index in [2.05, 4.69) is 16.0 Å². The van der Waals surface area contributed by atoms with Crippen LogP contribution in [0.1, 0.15) is 24.3 Å². The first kappa shape index (κ1) is 7.71. The molecule has 0 unspecified atom stereocenters. The third-order valence-electron chi connectivity index (χ3n) is 2.29. The molecule has 1 fully saturated rings. The van der Waals surface area contributed by atoms with Gasteiger partial charge in [0.1, 0.15) is 0 Å². The monoisotopic (exact) mass is 210 g/mol. The molecule has 0 aromatic carbocycles. The van der Waals surface area contributed by atoms with Crippen LogP contribution in [0.25, 0.3) is 10.3 Å². The van der Waals surface area contributed by atoms with E-state index in [4.69, 9.17) is 11.6 Å². The average molecular weight is 211 g/mol. The van der Waals surface area contributed by atoms with E-state index < -0.39 is 0 Å². The molecule has 3 rings (SSSR count). The summed E-state index contributed by atoms with van der Waals surface area (Å²) in [5.41, 5.74) is 2.12. The number of pyridine rings is 1. The minimum atomic E-state index is 0.579. The lowest BCUT2D eigenvalue weighted by atomic mass is 10.2. The summed E-state index contributed by atoms with van der Waals surface area (Å²) in [6.07, 6.45) is 4.54. The van der Waals surface area contributed by atoms with Gasteiger partial charge in [-0.1, -0.05) is 11.6 Å². The Morgan fingerprint density at radius 2 is 2.31 bits per heavy atom. The smallest absolute Gasteiger partial charge is 0.186 e. The Labute approximate surface area is 84.6 Å². The van der Waals surface area contributed by atoms with Gasteiger partial charge in [0.15, 0.2) is 10.1 Å². The maximum atomic E-state index is 5.80. The Kier molecular flexibility index (Phi) is 1.58. The van der Waals surface area contributed by atoms with E-state index in [9.17, 15) is 0 Å². The molecule has 0 amide bonds. The summed E-state index contributed by atoms with van der Waals surface area (Å²) in [6.45, 7) is 0. The summed E-state index contributed by atoms with van der Waals surface area (Å²) < 4.78 is 1.69. The van der Waals surface area contributed by atoms with Gasteiger partial charge in [0.05, 0.1) is 4.70 Å². The molecular weight excluding hydrogens is 204 g/mol. The van der Waals surface area contributed by atoms with Crippen LogP contribution in [0.15, 0.2) is 12.3 Å². The summed E-state index contributed by atoms with van der Waals surface area (Å²) in [7, 11) is 0. The summed E-state index contributed by atoms with van der Waals surface area (Å²) in [5, 5.41) is 0. The predicted octanol–water partition coefficient (Wildman–Crippen LogP) is 3.22. The molecule has 0 spiro atoms. The molecule has 66 valence electrons. The second kappa shape index (κ2) is 2.66. The standard InChI is InChI=1S/C9H7ClN2S/c10-9-12-8-7(13-9)3-6(4-11-8)5-1-2-5/h3-5H,1-2H2. The Morgan fingerprint density at radius 3 is 3.08 bits per heavy atom. The van der Waals surface area contributed by atoms with Crippen LogP contribution in [-0.4, -0.2) is 9.97 Å². The van der Waals surface area contributed by atoms with Crippen molar-refractivity contribution in [3.05, 3.63) is 22.3 Å². The molecule has 2 nitrogen and oxygen atoms in total. The lowest BCUT2D eigenvalue weighted by molar-refractivity contribution is 1.11. The number of nitrogens with zero attached hydrogens (tertiary/aromatic N) is 2. The first-order valence-corrected chi connectivity index (χ1v) is 5.44. The lowest BCUT2D eigenvalue weighted by Gasteiger charge is -1.94. The third kappa shape index (κ3) is 1.32. The van der Waals surface area contributed by atoms with Crippen molar-refractivity contribution in [2.45, 2.75) is 18.8 Å². The average Bonchev–Trinajstić information content (AvgIpc) is 2.87. The summed E-state index contributed by atoms with van der Waals surface area (Å²) in [4.78, 5) is 8.38. The van der Waals surface area contributed by atoms with Crippen LogP contribution in [-0.2, 0) is 0 Å². The molecule has 0 N–H and O–H groups in total. The maximum Gasteiger partial charge on any atom is 0.186 e. The Morgan fingerprint density at radius 1 is 1.46 bits per heavy atom. The third-order valence-corrected chi connectivity index (χ3v) is 3.39. The number of fused-ring (bicyclic) bond motifs is 1. The van der Waals surface area contributed by atoms with Crippen LogP contribution < -0.4 is 0 Å². The van der Waals surface area contributed by atoms with Gasteiger partial charge in [-0.2, -0.15) is 0 Å². The van der Waals surface area contributed by atoms with Crippen LogP contribution in [0.2, 0.25) is 4.47 Å². The molecule has 2 aromatic heterocycles. The molecule has 1 aliphatic rings. The molecule has 0 bridgehead atoms. The van der Waals surface area contributed by atoms with Gasteiger partial charge in [0, 0.05) is 6.20 Å². The highest BCUT2D eigenvalue weighted by Crippen LogP contribution is 2.41.